The van der Waals surface area contributed by atoms with Gasteiger partial charge in [0.1, 0.15) is 12.1 Å². The maximum Gasteiger partial charge on any atom is 0.181 e. The molecule has 0 N–H and O–H groups in total. The third-order valence-electron chi connectivity index (χ3n) is 2.95. The fourth-order valence-electron chi connectivity index (χ4n) is 2.02. The van der Waals surface area contributed by atoms with Crippen LogP contribution < -0.4 is 4.74 Å². The van der Waals surface area contributed by atoms with E-state index in [4.69, 9.17) is 4.74 Å². The molecule has 5 nitrogen and oxygen atoms in total. The Morgan fingerprint density at radius 3 is 2.74 bits per heavy atom. The average Bonchev–Trinajstić information content (AvgIpc) is 3.00. The average molecular weight is 382 g/mol. The minimum atomic E-state index is 0.847. The second-order valence-electron chi connectivity index (χ2n) is 4.00. The van der Waals surface area contributed by atoms with Crippen LogP contribution in [0.3, 0.4) is 0 Å². The second-order valence-corrected chi connectivity index (χ2v) is 6.17. The first-order valence-corrected chi connectivity index (χ1v) is 7.42. The normalized spacial score (nSPS) is 11.9. The van der Waals surface area contributed by atoms with Crippen LogP contribution in [-0.2, 0) is 0 Å². The van der Waals surface area contributed by atoms with Crippen LogP contribution in [0.25, 0.3) is 16.8 Å². The summed E-state index contributed by atoms with van der Waals surface area (Å²) >= 11 is 3.92. The van der Waals surface area contributed by atoms with Crippen LogP contribution in [0, 0.1) is 3.57 Å². The van der Waals surface area contributed by atoms with E-state index < -0.39 is 0 Å². The lowest BCUT2D eigenvalue weighted by atomic mass is 10.3. The molecule has 1 aromatic carbocycles. The smallest absolute Gasteiger partial charge is 0.181 e. The van der Waals surface area contributed by atoms with Crippen molar-refractivity contribution in [2.45, 2.75) is 10.1 Å². The SMILES string of the molecule is COc1ccc(I)c(Sc2nc3c4ncnc3n24)c1. The lowest BCUT2D eigenvalue weighted by molar-refractivity contribution is 0.413. The molecule has 0 amide bonds. The fourth-order valence-corrected chi connectivity index (χ4v) is 3.62. The van der Waals surface area contributed by atoms with Crippen molar-refractivity contribution in [2.24, 2.45) is 0 Å². The van der Waals surface area contributed by atoms with Crippen LogP contribution >= 0.6 is 34.4 Å². The maximum absolute atomic E-state index is 5.26. The summed E-state index contributed by atoms with van der Waals surface area (Å²) in [5.74, 6) is 0.847. The molecule has 5 rings (SSSR count). The molecule has 94 valence electrons. The van der Waals surface area contributed by atoms with Crippen LogP contribution in [-0.4, -0.2) is 26.5 Å². The molecule has 0 unspecified atom stereocenters. The number of imidazole rings is 2. The van der Waals surface area contributed by atoms with E-state index in [0.29, 0.717) is 0 Å². The summed E-state index contributed by atoms with van der Waals surface area (Å²) in [5.41, 5.74) is 2.72. The molecule has 19 heavy (non-hydrogen) atoms. The highest BCUT2D eigenvalue weighted by Gasteiger charge is 2.23. The van der Waals surface area contributed by atoms with Gasteiger partial charge in [-0.3, -0.25) is 4.40 Å². The lowest BCUT2D eigenvalue weighted by Crippen LogP contribution is -1.99. The first-order chi connectivity index (χ1) is 9.28. The Kier molecular flexibility index (Phi) is 2.46. The van der Waals surface area contributed by atoms with Gasteiger partial charge >= 0.3 is 0 Å². The minimum Gasteiger partial charge on any atom is -0.497 e. The highest BCUT2D eigenvalue weighted by atomic mass is 127. The van der Waals surface area contributed by atoms with E-state index in [-0.39, 0.29) is 0 Å². The third kappa shape index (κ3) is 1.57. The van der Waals surface area contributed by atoms with E-state index in [1.807, 2.05) is 22.6 Å². The number of rotatable bonds is 3. The van der Waals surface area contributed by atoms with Gasteiger partial charge in [-0.15, -0.1) is 0 Å². The molecule has 0 saturated heterocycles. The van der Waals surface area contributed by atoms with Gasteiger partial charge in [-0.25, -0.2) is 15.0 Å². The van der Waals surface area contributed by atoms with Crippen molar-refractivity contribution in [3.05, 3.63) is 28.1 Å². The highest BCUT2D eigenvalue weighted by Crippen LogP contribution is 2.38. The largest absolute Gasteiger partial charge is 0.497 e. The number of halogens is 1. The molecule has 0 atom stereocenters. The fraction of sp³-hybridized carbons (Fsp3) is 0.0833. The Morgan fingerprint density at radius 1 is 1.26 bits per heavy atom. The van der Waals surface area contributed by atoms with Crippen molar-refractivity contribution in [3.63, 3.8) is 0 Å². The highest BCUT2D eigenvalue weighted by molar-refractivity contribution is 14.1. The zero-order chi connectivity index (χ0) is 13.0. The van der Waals surface area contributed by atoms with Crippen molar-refractivity contribution in [2.75, 3.05) is 7.11 Å². The summed E-state index contributed by atoms with van der Waals surface area (Å²) in [4.78, 5) is 14.1. The van der Waals surface area contributed by atoms with Crippen LogP contribution in [0.15, 0.2) is 34.6 Å². The molecular formula is C12H7IN4OS. The van der Waals surface area contributed by atoms with Crippen molar-refractivity contribution >= 4 is 51.2 Å². The molecule has 0 fully saturated rings. The Morgan fingerprint density at radius 2 is 2.05 bits per heavy atom. The van der Waals surface area contributed by atoms with Gasteiger partial charge in [-0.05, 0) is 52.6 Å². The van der Waals surface area contributed by atoms with Crippen molar-refractivity contribution in [1.29, 1.82) is 0 Å². The number of hydrogen-bond acceptors (Lipinski definition) is 5. The van der Waals surface area contributed by atoms with E-state index in [2.05, 4.69) is 37.5 Å². The summed E-state index contributed by atoms with van der Waals surface area (Å²) in [6, 6.07) is 6.00. The van der Waals surface area contributed by atoms with E-state index >= 15 is 0 Å². The maximum atomic E-state index is 5.26. The molecule has 0 aliphatic heterocycles. The zero-order valence-electron chi connectivity index (χ0n) is 9.79. The van der Waals surface area contributed by atoms with Gasteiger partial charge in [0.25, 0.3) is 0 Å². The number of benzene rings is 1. The number of hydrogen-bond donors (Lipinski definition) is 0. The minimum absolute atomic E-state index is 0.847. The third-order valence-corrected chi connectivity index (χ3v) is 5.27. The second kappa shape index (κ2) is 4.07. The monoisotopic (exact) mass is 382 g/mol. The van der Waals surface area contributed by atoms with Gasteiger partial charge in [0.2, 0.25) is 0 Å². The van der Waals surface area contributed by atoms with Crippen LogP contribution in [0.2, 0.25) is 0 Å². The summed E-state index contributed by atoms with van der Waals surface area (Å²) in [5, 5.41) is 0.909. The van der Waals surface area contributed by atoms with Gasteiger partial charge in [0, 0.05) is 8.47 Å². The first-order valence-electron chi connectivity index (χ1n) is 5.53. The molecule has 0 aliphatic carbocycles. The van der Waals surface area contributed by atoms with Crippen LogP contribution in [0.5, 0.6) is 5.75 Å². The Bertz CT molecular complexity index is 832. The zero-order valence-corrected chi connectivity index (χ0v) is 12.8. The number of ether oxygens (including phenoxy) is 1. The summed E-state index contributed by atoms with van der Waals surface area (Å²) in [6.45, 7) is 0. The first kappa shape index (κ1) is 11.5. The Labute approximate surface area is 126 Å². The molecule has 4 bridgehead atoms. The predicted molar refractivity (Wildman–Crippen MR) is 80.5 cm³/mol. The number of methoxy groups -OCH3 is 1. The van der Waals surface area contributed by atoms with Crippen molar-refractivity contribution in [3.8, 4) is 5.75 Å². The molecule has 4 heterocycles. The van der Waals surface area contributed by atoms with E-state index in [0.717, 1.165) is 32.6 Å². The molecular weight excluding hydrogens is 375 g/mol. The lowest BCUT2D eigenvalue weighted by Gasteiger charge is -2.07. The summed E-state index contributed by atoms with van der Waals surface area (Å²) in [6.07, 6.45) is 1.57. The molecule has 7 heteroatoms. The molecule has 4 aromatic heterocycles. The molecule has 0 radical (unpaired) electrons. The molecule has 0 saturated carbocycles. The summed E-state index contributed by atoms with van der Waals surface area (Å²) < 4.78 is 8.41. The van der Waals surface area contributed by atoms with Crippen LogP contribution in [0.4, 0.5) is 0 Å². The van der Waals surface area contributed by atoms with E-state index in [1.54, 1.807) is 25.2 Å². The predicted octanol–water partition coefficient (Wildman–Crippen LogP) is 2.92. The van der Waals surface area contributed by atoms with E-state index in [9.17, 15) is 0 Å². The van der Waals surface area contributed by atoms with Crippen molar-refractivity contribution in [1.82, 2.24) is 19.4 Å². The molecule has 0 spiro atoms. The van der Waals surface area contributed by atoms with Crippen LogP contribution in [0.1, 0.15) is 0 Å². The standard InChI is InChI=1S/C12H7IN4OS/c1-18-6-2-3-7(13)8(4-6)19-12-16-9-10-14-5-15-11(9)17(10)12/h2-5H,1H3. The number of fused-ring (bicyclic) bond motifs is 1. The molecule has 5 aromatic rings. The topological polar surface area (TPSA) is 52.3 Å². The Balaban J connectivity index is 1.77. The summed E-state index contributed by atoms with van der Waals surface area (Å²) in [7, 11) is 1.67. The van der Waals surface area contributed by atoms with Gasteiger partial charge in [0.05, 0.1) is 7.11 Å². The number of aromatic nitrogens is 4. The van der Waals surface area contributed by atoms with Gasteiger partial charge in [-0.2, -0.15) is 0 Å². The molecule has 0 aliphatic rings. The van der Waals surface area contributed by atoms with Gasteiger partial charge in [-0.1, -0.05) is 0 Å². The number of nitrogens with zero attached hydrogens (tertiary/aromatic N) is 4. The van der Waals surface area contributed by atoms with E-state index in [1.165, 1.54) is 3.57 Å². The van der Waals surface area contributed by atoms with Gasteiger partial charge in [0.15, 0.2) is 22.0 Å². The quantitative estimate of drug-likeness (QED) is 0.510. The van der Waals surface area contributed by atoms with Gasteiger partial charge < -0.3 is 4.74 Å². The Hall–Kier alpha value is -1.35. The van der Waals surface area contributed by atoms with Crippen molar-refractivity contribution < 1.29 is 4.74 Å².